The molecule has 8 nitrogen and oxygen atoms in total. The van der Waals surface area contributed by atoms with Crippen molar-refractivity contribution in [3.63, 3.8) is 0 Å². The van der Waals surface area contributed by atoms with E-state index in [2.05, 4.69) is 41.2 Å². The lowest BCUT2D eigenvalue weighted by atomic mass is 10.1. The van der Waals surface area contributed by atoms with Crippen molar-refractivity contribution >= 4 is 27.8 Å². The molecule has 9 heteroatoms. The Morgan fingerprint density at radius 3 is 3.08 bits per heavy atom. The van der Waals surface area contributed by atoms with Crippen LogP contribution in [0, 0.1) is 0 Å². The van der Waals surface area contributed by atoms with Gasteiger partial charge in [-0.05, 0) is 34.8 Å². The summed E-state index contributed by atoms with van der Waals surface area (Å²) in [6, 6.07) is 1.61. The van der Waals surface area contributed by atoms with Crippen molar-refractivity contribution in [1.29, 1.82) is 0 Å². The van der Waals surface area contributed by atoms with Crippen molar-refractivity contribution in [3.8, 4) is 5.88 Å². The van der Waals surface area contributed by atoms with Gasteiger partial charge < -0.3 is 15.0 Å². The lowest BCUT2D eigenvalue weighted by molar-refractivity contribution is 0.0927. The average molecular weight is 393 g/mol. The van der Waals surface area contributed by atoms with E-state index in [-0.39, 0.29) is 11.9 Å². The topological polar surface area (TPSA) is 93.1 Å². The molecule has 0 radical (unpaired) electrons. The van der Waals surface area contributed by atoms with Gasteiger partial charge in [0.2, 0.25) is 11.8 Å². The highest BCUT2D eigenvalue weighted by Gasteiger charge is 2.24. The summed E-state index contributed by atoms with van der Waals surface area (Å²) in [5.41, 5.74) is 0.365. The summed E-state index contributed by atoms with van der Waals surface area (Å²) in [5.74, 6) is 0.890. The van der Waals surface area contributed by atoms with Gasteiger partial charge in [-0.2, -0.15) is 4.98 Å². The van der Waals surface area contributed by atoms with Crippen LogP contribution in [0.3, 0.4) is 0 Å². The fraction of sp³-hybridized carbons (Fsp3) is 0.400. The predicted octanol–water partition coefficient (Wildman–Crippen LogP) is 1.44. The summed E-state index contributed by atoms with van der Waals surface area (Å²) in [5, 5.41) is 3.01. The molecule has 1 saturated heterocycles. The Bertz CT molecular complexity index is 714. The summed E-state index contributed by atoms with van der Waals surface area (Å²) in [4.78, 5) is 30.8. The second kappa shape index (κ2) is 7.52. The number of ether oxygens (including phenoxy) is 1. The molecule has 3 rings (SSSR count). The smallest absolute Gasteiger partial charge is 0.270 e. The summed E-state index contributed by atoms with van der Waals surface area (Å²) in [6.07, 6.45) is 6.43. The fourth-order valence-electron chi connectivity index (χ4n) is 2.60. The molecule has 1 atom stereocenters. The first-order valence-corrected chi connectivity index (χ1v) is 8.35. The number of piperidine rings is 1. The van der Waals surface area contributed by atoms with Crippen LogP contribution in [0.25, 0.3) is 0 Å². The summed E-state index contributed by atoms with van der Waals surface area (Å²) >= 11 is 3.35. The van der Waals surface area contributed by atoms with Gasteiger partial charge in [0.25, 0.3) is 5.91 Å². The third kappa shape index (κ3) is 3.78. The Hall–Kier alpha value is -2.29. The zero-order valence-corrected chi connectivity index (χ0v) is 14.7. The van der Waals surface area contributed by atoms with E-state index >= 15 is 0 Å². The van der Waals surface area contributed by atoms with Crippen molar-refractivity contribution in [2.75, 3.05) is 25.1 Å². The van der Waals surface area contributed by atoms with Gasteiger partial charge in [-0.1, -0.05) is 0 Å². The van der Waals surface area contributed by atoms with Gasteiger partial charge in [0.1, 0.15) is 12.0 Å². The lowest BCUT2D eigenvalue weighted by Crippen LogP contribution is -2.48. The largest absolute Gasteiger partial charge is 0.480 e. The van der Waals surface area contributed by atoms with Gasteiger partial charge in [-0.25, -0.2) is 15.0 Å². The second-order valence-electron chi connectivity index (χ2n) is 5.38. The molecule has 2 aromatic heterocycles. The van der Waals surface area contributed by atoms with Crippen LogP contribution in [0.2, 0.25) is 0 Å². The molecule has 24 heavy (non-hydrogen) atoms. The maximum atomic E-state index is 12.2. The first-order chi connectivity index (χ1) is 11.7. The number of hydrogen-bond acceptors (Lipinski definition) is 7. The first-order valence-electron chi connectivity index (χ1n) is 7.55. The number of carbonyl (C=O) groups excluding carboxylic acids is 1. The molecule has 0 bridgehead atoms. The van der Waals surface area contributed by atoms with E-state index in [1.807, 2.05) is 4.90 Å². The van der Waals surface area contributed by atoms with Gasteiger partial charge >= 0.3 is 0 Å². The van der Waals surface area contributed by atoms with Crippen molar-refractivity contribution in [1.82, 2.24) is 25.3 Å². The molecule has 1 aliphatic heterocycles. The molecule has 0 spiro atoms. The third-order valence-corrected chi connectivity index (χ3v) is 4.29. The molecule has 0 aromatic carbocycles. The highest BCUT2D eigenvalue weighted by Crippen LogP contribution is 2.25. The summed E-state index contributed by atoms with van der Waals surface area (Å²) < 4.78 is 5.92. The number of rotatable bonds is 4. The van der Waals surface area contributed by atoms with Gasteiger partial charge in [-0.15, -0.1) is 0 Å². The normalized spacial score (nSPS) is 17.4. The number of hydrogen-bond donors (Lipinski definition) is 1. The van der Waals surface area contributed by atoms with Crippen molar-refractivity contribution in [2.24, 2.45) is 0 Å². The second-order valence-corrected chi connectivity index (χ2v) is 6.23. The van der Waals surface area contributed by atoms with Crippen molar-refractivity contribution in [3.05, 3.63) is 35.0 Å². The van der Waals surface area contributed by atoms with Gasteiger partial charge in [0.15, 0.2) is 0 Å². The van der Waals surface area contributed by atoms with Crippen LogP contribution < -0.4 is 15.0 Å². The first kappa shape index (κ1) is 16.6. The lowest BCUT2D eigenvalue weighted by Gasteiger charge is -2.33. The minimum Gasteiger partial charge on any atom is -0.480 e. The molecule has 3 heterocycles. The number of amides is 1. The van der Waals surface area contributed by atoms with Crippen LogP contribution in [0.5, 0.6) is 5.88 Å². The number of carbonyl (C=O) groups is 1. The molecule has 0 saturated carbocycles. The summed E-state index contributed by atoms with van der Waals surface area (Å²) in [6.45, 7) is 1.48. The zero-order valence-electron chi connectivity index (χ0n) is 13.1. The molecule has 1 aliphatic rings. The molecule has 1 amide bonds. The van der Waals surface area contributed by atoms with Crippen LogP contribution in [0.4, 0.5) is 5.95 Å². The predicted molar refractivity (Wildman–Crippen MR) is 91.0 cm³/mol. The van der Waals surface area contributed by atoms with Crippen LogP contribution in [-0.4, -0.2) is 52.1 Å². The van der Waals surface area contributed by atoms with Crippen molar-refractivity contribution in [2.45, 2.75) is 18.9 Å². The molecular formula is C15H17BrN6O2. The fourth-order valence-corrected chi connectivity index (χ4v) is 2.95. The average Bonchev–Trinajstić information content (AvgIpc) is 2.63. The van der Waals surface area contributed by atoms with Crippen LogP contribution in [-0.2, 0) is 0 Å². The number of nitrogens with zero attached hydrogens (tertiary/aromatic N) is 5. The number of methoxy groups -OCH3 is 1. The standard InChI is InChI=1S/C15H17BrN6O2/c1-24-14-11(16)7-18-15(21-14)22-6-2-3-10(8-22)20-13(23)12-4-5-17-9-19-12/h4-5,7,9-10H,2-3,6,8H2,1H3,(H,20,23). The maximum Gasteiger partial charge on any atom is 0.270 e. The highest BCUT2D eigenvalue weighted by molar-refractivity contribution is 9.10. The quantitative estimate of drug-likeness (QED) is 0.840. The van der Waals surface area contributed by atoms with Gasteiger partial charge in [0.05, 0.1) is 17.8 Å². The Balaban J connectivity index is 1.67. The van der Waals surface area contributed by atoms with E-state index in [4.69, 9.17) is 4.74 Å². The Kier molecular flexibility index (Phi) is 5.19. The zero-order chi connectivity index (χ0) is 16.9. The van der Waals surface area contributed by atoms with Crippen LogP contribution >= 0.6 is 15.9 Å². The molecule has 2 aromatic rings. The Morgan fingerprint density at radius 1 is 1.46 bits per heavy atom. The minimum absolute atomic E-state index is 0.0134. The number of nitrogens with one attached hydrogen (secondary N) is 1. The van der Waals surface area contributed by atoms with Crippen LogP contribution in [0.1, 0.15) is 23.3 Å². The van der Waals surface area contributed by atoms with Crippen molar-refractivity contribution < 1.29 is 9.53 Å². The number of aromatic nitrogens is 4. The summed E-state index contributed by atoms with van der Waals surface area (Å²) in [7, 11) is 1.57. The molecular weight excluding hydrogens is 376 g/mol. The maximum absolute atomic E-state index is 12.2. The number of halogens is 1. The number of anilines is 1. The molecule has 1 unspecified atom stereocenters. The van der Waals surface area contributed by atoms with Crippen LogP contribution in [0.15, 0.2) is 29.3 Å². The highest BCUT2D eigenvalue weighted by atomic mass is 79.9. The third-order valence-electron chi connectivity index (χ3n) is 3.75. The molecule has 1 fully saturated rings. The minimum atomic E-state index is -0.196. The van der Waals surface area contributed by atoms with E-state index in [0.717, 1.165) is 19.4 Å². The Labute approximate surface area is 147 Å². The Morgan fingerprint density at radius 2 is 2.33 bits per heavy atom. The molecule has 1 N–H and O–H groups in total. The van der Waals surface area contributed by atoms with E-state index in [1.54, 1.807) is 25.6 Å². The van der Waals surface area contributed by atoms with E-state index in [1.165, 1.54) is 6.33 Å². The van der Waals surface area contributed by atoms with Gasteiger partial charge in [-0.3, -0.25) is 4.79 Å². The van der Waals surface area contributed by atoms with E-state index < -0.39 is 0 Å². The SMILES string of the molecule is COc1nc(N2CCCC(NC(=O)c3ccncn3)C2)ncc1Br. The monoisotopic (exact) mass is 392 g/mol. The van der Waals surface area contributed by atoms with E-state index in [9.17, 15) is 4.79 Å². The van der Waals surface area contributed by atoms with E-state index in [0.29, 0.717) is 28.5 Å². The molecule has 0 aliphatic carbocycles. The molecule has 126 valence electrons. The van der Waals surface area contributed by atoms with Gasteiger partial charge in [0, 0.05) is 25.3 Å².